The van der Waals surface area contributed by atoms with Crippen molar-refractivity contribution < 1.29 is 9.21 Å². The molecule has 4 saturated carbocycles. The lowest BCUT2D eigenvalue weighted by atomic mass is 9.48. The van der Waals surface area contributed by atoms with Crippen molar-refractivity contribution in [3.05, 3.63) is 30.2 Å². The molecule has 0 aromatic carbocycles. The van der Waals surface area contributed by atoms with E-state index in [9.17, 15) is 4.79 Å². The SMILES string of the molecule is CC(NC(=S)NC(=O)/C=C/c1ccco1)C12CC3CC(CC(C3)C1)C2. The van der Waals surface area contributed by atoms with Gasteiger partial charge in [0.25, 0.3) is 0 Å². The van der Waals surface area contributed by atoms with E-state index in [0.717, 1.165) is 17.8 Å². The topological polar surface area (TPSA) is 54.3 Å². The van der Waals surface area contributed by atoms with Gasteiger partial charge in [0, 0.05) is 12.1 Å². The van der Waals surface area contributed by atoms with Crippen LogP contribution in [-0.4, -0.2) is 17.1 Å². The second-order valence-electron chi connectivity index (χ2n) is 8.31. The minimum Gasteiger partial charge on any atom is -0.465 e. The van der Waals surface area contributed by atoms with Gasteiger partial charge in [-0.15, -0.1) is 0 Å². The molecule has 0 aliphatic heterocycles. The van der Waals surface area contributed by atoms with E-state index in [-0.39, 0.29) is 5.91 Å². The molecule has 4 nitrogen and oxygen atoms in total. The molecule has 1 heterocycles. The molecule has 0 spiro atoms. The van der Waals surface area contributed by atoms with Crippen molar-refractivity contribution in [2.24, 2.45) is 23.2 Å². The van der Waals surface area contributed by atoms with Crippen molar-refractivity contribution in [1.29, 1.82) is 0 Å². The summed E-state index contributed by atoms with van der Waals surface area (Å²) >= 11 is 5.38. The second-order valence-corrected chi connectivity index (χ2v) is 8.72. The van der Waals surface area contributed by atoms with Crippen LogP contribution in [0.3, 0.4) is 0 Å². The fourth-order valence-corrected chi connectivity index (χ4v) is 6.07. The zero-order chi connectivity index (χ0) is 17.4. The van der Waals surface area contributed by atoms with E-state index in [0.29, 0.717) is 22.3 Å². The first kappa shape index (κ1) is 16.8. The molecule has 4 fully saturated rings. The lowest BCUT2D eigenvalue weighted by Crippen LogP contribution is -2.57. The summed E-state index contributed by atoms with van der Waals surface area (Å²) in [6.45, 7) is 2.24. The van der Waals surface area contributed by atoms with Crippen molar-refractivity contribution in [2.75, 3.05) is 0 Å². The van der Waals surface area contributed by atoms with Crippen LogP contribution in [0.2, 0.25) is 0 Å². The lowest BCUT2D eigenvalue weighted by molar-refractivity contribution is -0.115. The number of rotatable bonds is 4. The van der Waals surface area contributed by atoms with E-state index in [1.54, 1.807) is 24.5 Å². The molecule has 0 radical (unpaired) electrons. The van der Waals surface area contributed by atoms with Crippen molar-refractivity contribution in [1.82, 2.24) is 10.6 Å². The Kier molecular flexibility index (Phi) is 4.44. The monoisotopic (exact) mass is 358 g/mol. The van der Waals surface area contributed by atoms with Gasteiger partial charge in [-0.05, 0) is 99.0 Å². The second kappa shape index (κ2) is 6.60. The maximum Gasteiger partial charge on any atom is 0.250 e. The highest BCUT2D eigenvalue weighted by molar-refractivity contribution is 7.80. The van der Waals surface area contributed by atoms with Crippen LogP contribution in [-0.2, 0) is 4.79 Å². The standard InChI is InChI=1S/C20H26N2O2S/c1-13(20-10-14-7-15(11-20)9-16(8-14)12-20)21-19(25)22-18(23)5-4-17-3-2-6-24-17/h2-6,13-16H,7-12H2,1H3,(H2,21,22,23,25)/b5-4+. The molecule has 2 N–H and O–H groups in total. The first-order chi connectivity index (χ1) is 12.0. The zero-order valence-corrected chi connectivity index (χ0v) is 15.5. The minimum absolute atomic E-state index is 0.230. The predicted octanol–water partition coefficient (Wildman–Crippen LogP) is 3.89. The van der Waals surface area contributed by atoms with Crippen molar-refractivity contribution in [3.8, 4) is 0 Å². The summed E-state index contributed by atoms with van der Waals surface area (Å²) in [6.07, 6.45) is 12.9. The lowest BCUT2D eigenvalue weighted by Gasteiger charge is -2.59. The van der Waals surface area contributed by atoms with Crippen molar-refractivity contribution in [2.45, 2.75) is 51.5 Å². The Morgan fingerprint density at radius 1 is 1.28 bits per heavy atom. The van der Waals surface area contributed by atoms with Gasteiger partial charge in [0.2, 0.25) is 5.91 Å². The Labute approximate surface area is 154 Å². The Balaban J connectivity index is 1.32. The molecule has 4 aliphatic rings. The van der Waals surface area contributed by atoms with Gasteiger partial charge in [-0.3, -0.25) is 10.1 Å². The highest BCUT2D eigenvalue weighted by atomic mass is 32.1. The molecule has 134 valence electrons. The van der Waals surface area contributed by atoms with E-state index < -0.39 is 0 Å². The van der Waals surface area contributed by atoms with Gasteiger partial charge >= 0.3 is 0 Å². The third kappa shape index (κ3) is 3.52. The van der Waals surface area contributed by atoms with Crippen LogP contribution >= 0.6 is 12.2 Å². The third-order valence-electron chi connectivity index (χ3n) is 6.53. The fraction of sp³-hybridized carbons (Fsp3) is 0.600. The Morgan fingerprint density at radius 3 is 2.48 bits per heavy atom. The molecule has 5 heteroatoms. The molecule has 4 aliphatic carbocycles. The third-order valence-corrected chi connectivity index (χ3v) is 6.75. The normalized spacial score (nSPS) is 34.2. The highest BCUT2D eigenvalue weighted by Crippen LogP contribution is 2.61. The van der Waals surface area contributed by atoms with Crippen LogP contribution in [0.1, 0.15) is 51.2 Å². The maximum absolute atomic E-state index is 12.0. The van der Waals surface area contributed by atoms with Crippen molar-refractivity contribution >= 4 is 29.3 Å². The average molecular weight is 359 g/mol. The summed E-state index contributed by atoms with van der Waals surface area (Å²) in [5, 5.41) is 6.59. The van der Waals surface area contributed by atoms with Gasteiger partial charge in [0.15, 0.2) is 5.11 Å². The number of amides is 1. The summed E-state index contributed by atoms with van der Waals surface area (Å²) in [5.74, 6) is 3.15. The van der Waals surface area contributed by atoms with Gasteiger partial charge in [-0.1, -0.05) is 0 Å². The van der Waals surface area contributed by atoms with Gasteiger partial charge in [0.1, 0.15) is 5.76 Å². The van der Waals surface area contributed by atoms with Crippen LogP contribution in [0.4, 0.5) is 0 Å². The van der Waals surface area contributed by atoms with Crippen LogP contribution in [0.15, 0.2) is 28.9 Å². The predicted molar refractivity (Wildman–Crippen MR) is 102 cm³/mol. The first-order valence-corrected chi connectivity index (χ1v) is 9.76. The van der Waals surface area contributed by atoms with Crippen LogP contribution in [0, 0.1) is 23.2 Å². The molecule has 4 bridgehead atoms. The molecule has 0 saturated heterocycles. The molecule has 1 amide bonds. The Hall–Kier alpha value is -1.62. The van der Waals surface area contributed by atoms with E-state index in [2.05, 4.69) is 17.6 Å². The molecule has 1 atom stereocenters. The quantitative estimate of drug-likeness (QED) is 0.633. The van der Waals surface area contributed by atoms with Crippen LogP contribution in [0.25, 0.3) is 6.08 Å². The van der Waals surface area contributed by atoms with Crippen LogP contribution < -0.4 is 10.6 Å². The summed E-state index contributed by atoms with van der Waals surface area (Å²) < 4.78 is 5.18. The van der Waals surface area contributed by atoms with Gasteiger partial charge in [0.05, 0.1) is 6.26 Å². The smallest absolute Gasteiger partial charge is 0.250 e. The molecule has 1 aromatic heterocycles. The first-order valence-electron chi connectivity index (χ1n) is 9.35. The Bertz CT molecular complexity index is 645. The maximum atomic E-state index is 12.0. The van der Waals surface area contributed by atoms with E-state index in [4.69, 9.17) is 16.6 Å². The molecule has 1 unspecified atom stereocenters. The largest absolute Gasteiger partial charge is 0.465 e. The van der Waals surface area contributed by atoms with E-state index in [1.807, 2.05) is 0 Å². The Morgan fingerprint density at radius 2 is 1.92 bits per heavy atom. The molecular weight excluding hydrogens is 332 g/mol. The highest BCUT2D eigenvalue weighted by Gasteiger charge is 2.53. The summed E-state index contributed by atoms with van der Waals surface area (Å²) in [5.41, 5.74) is 0.369. The van der Waals surface area contributed by atoms with Gasteiger partial charge in [-0.2, -0.15) is 0 Å². The number of carbonyl (C=O) groups is 1. The van der Waals surface area contributed by atoms with E-state index in [1.165, 1.54) is 44.6 Å². The van der Waals surface area contributed by atoms with Crippen LogP contribution in [0.5, 0.6) is 0 Å². The molecule has 1 aromatic rings. The van der Waals surface area contributed by atoms with Gasteiger partial charge < -0.3 is 9.73 Å². The summed E-state index contributed by atoms with van der Waals surface area (Å²) in [4.78, 5) is 12.0. The summed E-state index contributed by atoms with van der Waals surface area (Å²) in [7, 11) is 0. The fourth-order valence-electron chi connectivity index (χ4n) is 5.79. The number of hydrogen-bond acceptors (Lipinski definition) is 3. The van der Waals surface area contributed by atoms with E-state index >= 15 is 0 Å². The molecule has 25 heavy (non-hydrogen) atoms. The number of nitrogens with one attached hydrogen (secondary N) is 2. The average Bonchev–Trinajstić information content (AvgIpc) is 3.05. The molecular formula is C20H26N2O2S. The number of furan rings is 1. The number of thiocarbonyl (C=S) groups is 1. The zero-order valence-electron chi connectivity index (χ0n) is 14.7. The van der Waals surface area contributed by atoms with Gasteiger partial charge in [-0.25, -0.2) is 0 Å². The molecule has 5 rings (SSSR count). The van der Waals surface area contributed by atoms with Crippen molar-refractivity contribution in [3.63, 3.8) is 0 Å². The summed E-state index contributed by atoms with van der Waals surface area (Å²) in [6, 6.07) is 3.90. The number of hydrogen-bond donors (Lipinski definition) is 2. The minimum atomic E-state index is -0.230. The number of carbonyl (C=O) groups excluding carboxylic acids is 1.